The molecule has 1 heterocycles. The minimum absolute atomic E-state index is 0.101. The lowest BCUT2D eigenvalue weighted by atomic mass is 10.1. The van der Waals surface area contributed by atoms with Crippen molar-refractivity contribution in [1.29, 1.82) is 0 Å². The number of nitrogens with zero attached hydrogens (tertiary/aromatic N) is 2. The zero-order valence-corrected chi connectivity index (χ0v) is 12.1. The van der Waals surface area contributed by atoms with Gasteiger partial charge in [-0.1, -0.05) is 30.3 Å². The Balaban J connectivity index is 2.61. The zero-order chi connectivity index (χ0) is 14.4. The van der Waals surface area contributed by atoms with E-state index in [1.807, 2.05) is 0 Å². The van der Waals surface area contributed by atoms with E-state index in [0.717, 1.165) is 0 Å². The van der Waals surface area contributed by atoms with Gasteiger partial charge < -0.3 is 10.4 Å². The molecule has 0 aliphatic carbocycles. The second-order valence-corrected chi connectivity index (χ2v) is 5.02. The number of rotatable bonds is 6. The molecule has 0 bridgehead atoms. The van der Waals surface area contributed by atoms with Crippen LogP contribution in [0, 0.1) is 5.92 Å². The molecule has 1 unspecified atom stereocenters. The maximum absolute atomic E-state index is 11.8. The van der Waals surface area contributed by atoms with Gasteiger partial charge in [-0.15, -0.1) is 0 Å². The molecular weight excluding hydrogens is 290 g/mol. The molecular formula is C11H14ClN3O3S. The summed E-state index contributed by atoms with van der Waals surface area (Å²) in [6.45, 7) is 1.83. The first kappa shape index (κ1) is 15.7. The van der Waals surface area contributed by atoms with Gasteiger partial charge in [-0.25, -0.2) is 9.97 Å². The second kappa shape index (κ2) is 7.30. The van der Waals surface area contributed by atoms with E-state index in [0.29, 0.717) is 11.6 Å². The number of carboxylic acid groups (broad SMARTS) is 1. The average Bonchev–Trinajstić information content (AvgIpc) is 2.38. The number of hydrogen-bond acceptors (Lipinski definition) is 5. The minimum Gasteiger partial charge on any atom is -0.481 e. The van der Waals surface area contributed by atoms with Crippen LogP contribution in [0.15, 0.2) is 11.4 Å². The van der Waals surface area contributed by atoms with Gasteiger partial charge in [0.15, 0.2) is 10.9 Å². The molecule has 1 aromatic rings. The number of aliphatic carboxylic acids is 1. The van der Waals surface area contributed by atoms with Crippen LogP contribution in [0.4, 0.5) is 0 Å². The molecule has 0 aliphatic heterocycles. The van der Waals surface area contributed by atoms with Crippen molar-refractivity contribution >= 4 is 35.2 Å². The van der Waals surface area contributed by atoms with Gasteiger partial charge in [-0.05, 0) is 12.7 Å². The van der Waals surface area contributed by atoms with Crippen molar-refractivity contribution in [2.75, 3.05) is 12.8 Å². The first-order chi connectivity index (χ1) is 8.95. The third kappa shape index (κ3) is 4.68. The third-order valence-corrected chi connectivity index (χ3v) is 3.24. The van der Waals surface area contributed by atoms with E-state index in [1.54, 1.807) is 13.2 Å². The lowest BCUT2D eigenvalue weighted by Gasteiger charge is -2.08. The Morgan fingerprint density at radius 2 is 2.26 bits per heavy atom. The molecule has 1 amide bonds. The van der Waals surface area contributed by atoms with Crippen molar-refractivity contribution in [3.05, 3.63) is 16.9 Å². The van der Waals surface area contributed by atoms with E-state index in [1.165, 1.54) is 18.0 Å². The highest BCUT2D eigenvalue weighted by Gasteiger charge is 2.15. The number of nitrogens with one attached hydrogen (secondary N) is 1. The first-order valence-corrected chi connectivity index (χ1v) is 7.13. The highest BCUT2D eigenvalue weighted by Crippen LogP contribution is 2.16. The van der Waals surface area contributed by atoms with Crippen LogP contribution in [0.1, 0.15) is 23.8 Å². The lowest BCUT2D eigenvalue weighted by Crippen LogP contribution is -2.28. The normalized spacial score (nSPS) is 11.9. The summed E-state index contributed by atoms with van der Waals surface area (Å²) in [5, 5.41) is 11.9. The summed E-state index contributed by atoms with van der Waals surface area (Å²) in [5.74, 6) is -1.83. The summed E-state index contributed by atoms with van der Waals surface area (Å²) in [4.78, 5) is 30.4. The van der Waals surface area contributed by atoms with Crippen molar-refractivity contribution < 1.29 is 14.7 Å². The standard InChI is InChI=1S/C11H14ClN3O3S/c1-6(10(17)18)3-4-13-9(16)8-7(12)5-14-11(15-8)19-2/h5-6H,3-4H2,1-2H3,(H,13,16)(H,17,18). The number of halogens is 1. The Hall–Kier alpha value is -1.34. The molecule has 8 heteroatoms. The molecule has 1 atom stereocenters. The second-order valence-electron chi connectivity index (χ2n) is 3.84. The highest BCUT2D eigenvalue weighted by atomic mass is 35.5. The Kier molecular flexibility index (Phi) is 6.04. The Bertz CT molecular complexity index is 484. The summed E-state index contributed by atoms with van der Waals surface area (Å²) in [6.07, 6.45) is 3.51. The number of thioether (sulfide) groups is 1. The fourth-order valence-electron chi connectivity index (χ4n) is 1.22. The Labute approximate surface area is 120 Å². The summed E-state index contributed by atoms with van der Waals surface area (Å²) in [7, 11) is 0. The van der Waals surface area contributed by atoms with Crippen LogP contribution in [0.25, 0.3) is 0 Å². The maximum atomic E-state index is 11.8. The highest BCUT2D eigenvalue weighted by molar-refractivity contribution is 7.98. The van der Waals surface area contributed by atoms with Gasteiger partial charge in [-0.3, -0.25) is 9.59 Å². The summed E-state index contributed by atoms with van der Waals surface area (Å²) in [6, 6.07) is 0. The van der Waals surface area contributed by atoms with E-state index in [9.17, 15) is 9.59 Å². The summed E-state index contributed by atoms with van der Waals surface area (Å²) in [5.41, 5.74) is 0.101. The van der Waals surface area contributed by atoms with Crippen LogP contribution in [0.2, 0.25) is 5.02 Å². The van der Waals surface area contributed by atoms with Crippen molar-refractivity contribution in [3.8, 4) is 0 Å². The Morgan fingerprint density at radius 3 is 2.84 bits per heavy atom. The van der Waals surface area contributed by atoms with Gasteiger partial charge in [0.05, 0.1) is 17.1 Å². The third-order valence-electron chi connectivity index (χ3n) is 2.40. The van der Waals surface area contributed by atoms with Crippen molar-refractivity contribution in [2.24, 2.45) is 5.92 Å². The summed E-state index contributed by atoms with van der Waals surface area (Å²) >= 11 is 7.15. The average molecular weight is 304 g/mol. The molecule has 0 fully saturated rings. The van der Waals surface area contributed by atoms with Crippen molar-refractivity contribution in [2.45, 2.75) is 18.5 Å². The molecule has 2 N–H and O–H groups in total. The topological polar surface area (TPSA) is 92.2 Å². The van der Waals surface area contributed by atoms with Crippen LogP contribution >= 0.6 is 23.4 Å². The molecule has 0 spiro atoms. The molecule has 19 heavy (non-hydrogen) atoms. The monoisotopic (exact) mass is 303 g/mol. The van der Waals surface area contributed by atoms with Crippen molar-refractivity contribution in [1.82, 2.24) is 15.3 Å². The van der Waals surface area contributed by atoms with Crippen LogP contribution in [-0.2, 0) is 4.79 Å². The van der Waals surface area contributed by atoms with E-state index in [4.69, 9.17) is 16.7 Å². The van der Waals surface area contributed by atoms with E-state index < -0.39 is 17.8 Å². The van der Waals surface area contributed by atoms with E-state index >= 15 is 0 Å². The SMILES string of the molecule is CSc1ncc(Cl)c(C(=O)NCCC(C)C(=O)O)n1. The Morgan fingerprint density at radius 1 is 1.58 bits per heavy atom. The molecule has 6 nitrogen and oxygen atoms in total. The lowest BCUT2D eigenvalue weighted by molar-refractivity contribution is -0.141. The van der Waals surface area contributed by atoms with E-state index in [2.05, 4.69) is 15.3 Å². The predicted octanol–water partition coefficient (Wildman–Crippen LogP) is 1.69. The zero-order valence-electron chi connectivity index (χ0n) is 10.5. The van der Waals surface area contributed by atoms with E-state index in [-0.39, 0.29) is 17.3 Å². The molecule has 1 rings (SSSR count). The van der Waals surface area contributed by atoms with Crippen LogP contribution in [-0.4, -0.2) is 39.8 Å². The smallest absolute Gasteiger partial charge is 0.306 e. The number of hydrogen-bond donors (Lipinski definition) is 2. The number of carbonyl (C=O) groups excluding carboxylic acids is 1. The van der Waals surface area contributed by atoms with Crippen molar-refractivity contribution in [3.63, 3.8) is 0 Å². The molecule has 0 saturated carbocycles. The summed E-state index contributed by atoms with van der Waals surface area (Å²) < 4.78 is 0. The van der Waals surface area contributed by atoms with Gasteiger partial charge in [0.1, 0.15) is 0 Å². The van der Waals surface area contributed by atoms with Gasteiger partial charge in [0, 0.05) is 6.54 Å². The number of amides is 1. The van der Waals surface area contributed by atoms with Crippen LogP contribution in [0.5, 0.6) is 0 Å². The predicted molar refractivity (Wildman–Crippen MR) is 72.6 cm³/mol. The quantitative estimate of drug-likeness (QED) is 0.614. The fourth-order valence-corrected chi connectivity index (χ4v) is 1.74. The van der Waals surface area contributed by atoms with Crippen LogP contribution < -0.4 is 5.32 Å². The minimum atomic E-state index is -0.890. The molecule has 0 saturated heterocycles. The van der Waals surface area contributed by atoms with Gasteiger partial charge in [-0.2, -0.15) is 0 Å². The van der Waals surface area contributed by atoms with Gasteiger partial charge in [0.2, 0.25) is 0 Å². The molecule has 0 aliphatic rings. The van der Waals surface area contributed by atoms with Crippen LogP contribution in [0.3, 0.4) is 0 Å². The first-order valence-electron chi connectivity index (χ1n) is 5.53. The fraction of sp³-hybridized carbons (Fsp3) is 0.455. The number of carbonyl (C=O) groups is 2. The van der Waals surface area contributed by atoms with Gasteiger partial charge >= 0.3 is 5.97 Å². The number of carboxylic acids is 1. The number of aromatic nitrogens is 2. The molecule has 1 aromatic heterocycles. The molecule has 0 aromatic carbocycles. The van der Waals surface area contributed by atoms with Gasteiger partial charge in [0.25, 0.3) is 5.91 Å². The maximum Gasteiger partial charge on any atom is 0.306 e. The largest absolute Gasteiger partial charge is 0.481 e. The molecule has 104 valence electrons. The molecule has 0 radical (unpaired) electrons.